The Labute approximate surface area is 174 Å². The minimum absolute atomic E-state index is 0.0595. The van der Waals surface area contributed by atoms with E-state index < -0.39 is 0 Å². The summed E-state index contributed by atoms with van der Waals surface area (Å²) < 4.78 is 13.8. The first kappa shape index (κ1) is 18.4. The lowest BCUT2D eigenvalue weighted by atomic mass is 9.99. The molecular formula is C24H23N3O3. The molecule has 0 bridgehead atoms. The maximum Gasteiger partial charge on any atom is 0.274 e. The lowest BCUT2D eigenvalue weighted by molar-refractivity contribution is 0.200. The van der Waals surface area contributed by atoms with Gasteiger partial charge in [-0.3, -0.25) is 4.79 Å². The fourth-order valence-corrected chi connectivity index (χ4v) is 4.16. The van der Waals surface area contributed by atoms with Gasteiger partial charge in [-0.15, -0.1) is 0 Å². The van der Waals surface area contributed by atoms with Crippen LogP contribution in [0.15, 0.2) is 65.7 Å². The van der Waals surface area contributed by atoms with E-state index in [4.69, 9.17) is 9.47 Å². The number of nitrogens with zero attached hydrogens (tertiary/aromatic N) is 2. The van der Waals surface area contributed by atoms with Gasteiger partial charge in [-0.25, -0.2) is 0 Å². The van der Waals surface area contributed by atoms with Crippen LogP contribution in [0.3, 0.4) is 0 Å². The van der Waals surface area contributed by atoms with Gasteiger partial charge in [-0.05, 0) is 17.7 Å². The summed E-state index contributed by atoms with van der Waals surface area (Å²) in [6.45, 7) is 0.733. The molecule has 0 spiro atoms. The van der Waals surface area contributed by atoms with Crippen LogP contribution in [-0.2, 0) is 7.05 Å². The zero-order chi connectivity index (χ0) is 20.8. The Morgan fingerprint density at radius 1 is 1.10 bits per heavy atom. The number of aromatic amines is 1. The van der Waals surface area contributed by atoms with E-state index in [-0.39, 0.29) is 11.7 Å². The second kappa shape index (κ2) is 6.99. The number of likely N-dealkylation sites (N-methyl/N-ethyl adjacent to an activating group) is 1. The normalized spacial score (nSPS) is 15.7. The SMILES string of the molecule is COc1cc(-c2cn(C)c(=O)c3[nH]ccc23)c2c(c1)N(C)C[C@@H](c1ccccc1)O2. The number of hydrogen-bond acceptors (Lipinski definition) is 4. The molecular weight excluding hydrogens is 378 g/mol. The number of benzene rings is 2. The predicted octanol–water partition coefficient (Wildman–Crippen LogP) is 4.11. The first-order valence-corrected chi connectivity index (χ1v) is 9.88. The zero-order valence-corrected chi connectivity index (χ0v) is 17.2. The average molecular weight is 401 g/mol. The molecule has 0 fully saturated rings. The molecule has 0 unspecified atom stereocenters. The summed E-state index contributed by atoms with van der Waals surface area (Å²) in [4.78, 5) is 17.8. The number of aromatic nitrogens is 2. The van der Waals surface area contributed by atoms with Gasteiger partial charge in [0.05, 0.1) is 19.3 Å². The van der Waals surface area contributed by atoms with Crippen LogP contribution in [-0.4, -0.2) is 30.3 Å². The van der Waals surface area contributed by atoms with Crippen LogP contribution in [0.1, 0.15) is 11.7 Å². The molecule has 5 rings (SSSR count). The van der Waals surface area contributed by atoms with Crippen LogP contribution < -0.4 is 19.9 Å². The topological polar surface area (TPSA) is 59.5 Å². The van der Waals surface area contributed by atoms with Crippen LogP contribution in [0.4, 0.5) is 5.69 Å². The van der Waals surface area contributed by atoms with Gasteiger partial charge in [-0.1, -0.05) is 30.3 Å². The van der Waals surface area contributed by atoms with E-state index in [1.54, 1.807) is 24.9 Å². The van der Waals surface area contributed by atoms with Crippen LogP contribution in [0.25, 0.3) is 22.0 Å². The largest absolute Gasteiger partial charge is 0.497 e. The molecule has 0 amide bonds. The summed E-state index contributed by atoms with van der Waals surface area (Å²) in [5, 5.41) is 0.863. The number of rotatable bonds is 3. The highest BCUT2D eigenvalue weighted by Crippen LogP contribution is 2.47. The molecule has 6 heteroatoms. The Morgan fingerprint density at radius 3 is 2.67 bits per heavy atom. The quantitative estimate of drug-likeness (QED) is 0.561. The molecule has 152 valence electrons. The monoisotopic (exact) mass is 401 g/mol. The maximum atomic E-state index is 12.5. The summed E-state index contributed by atoms with van der Waals surface area (Å²) >= 11 is 0. The van der Waals surface area contributed by atoms with Gasteiger partial charge in [0.25, 0.3) is 5.56 Å². The third-order valence-corrected chi connectivity index (χ3v) is 5.75. The van der Waals surface area contributed by atoms with Crippen LogP contribution >= 0.6 is 0 Å². The molecule has 2 aromatic heterocycles. The third kappa shape index (κ3) is 2.84. The second-order valence-electron chi connectivity index (χ2n) is 7.65. The smallest absolute Gasteiger partial charge is 0.274 e. The summed E-state index contributed by atoms with van der Waals surface area (Å²) in [5.74, 6) is 1.54. The molecule has 0 radical (unpaired) electrons. The van der Waals surface area contributed by atoms with Crippen molar-refractivity contribution in [2.45, 2.75) is 6.10 Å². The number of nitrogens with one attached hydrogen (secondary N) is 1. The van der Waals surface area contributed by atoms with E-state index >= 15 is 0 Å². The fourth-order valence-electron chi connectivity index (χ4n) is 4.16. The molecule has 30 heavy (non-hydrogen) atoms. The van der Waals surface area contributed by atoms with E-state index in [1.807, 2.05) is 42.6 Å². The number of methoxy groups -OCH3 is 1. The van der Waals surface area contributed by atoms with Crippen LogP contribution in [0.5, 0.6) is 11.5 Å². The number of H-pyrrole nitrogens is 1. The number of fused-ring (bicyclic) bond motifs is 2. The standard InChI is InChI=1S/C24H23N3O3/c1-26-14-21(15-7-5-4-6-8-15)30-23-18(11-16(29-3)12-20(23)26)19-13-27(2)24(28)22-17(19)9-10-25-22/h4-13,21,25H,14H2,1-3H3/t21-/m0/s1. The number of hydrogen-bond donors (Lipinski definition) is 1. The molecule has 0 saturated carbocycles. The van der Waals surface area contributed by atoms with Gasteiger partial charge >= 0.3 is 0 Å². The van der Waals surface area contributed by atoms with Crippen LogP contribution in [0.2, 0.25) is 0 Å². The van der Waals surface area contributed by atoms with Crippen molar-refractivity contribution in [3.8, 4) is 22.6 Å². The van der Waals surface area contributed by atoms with E-state index in [0.29, 0.717) is 5.52 Å². The van der Waals surface area contributed by atoms with E-state index in [9.17, 15) is 4.79 Å². The van der Waals surface area contributed by atoms with Crippen molar-refractivity contribution in [3.63, 3.8) is 0 Å². The first-order chi connectivity index (χ1) is 14.6. The minimum atomic E-state index is -0.0925. The van der Waals surface area contributed by atoms with Gasteiger partial charge in [0.15, 0.2) is 5.75 Å². The maximum absolute atomic E-state index is 12.5. The molecule has 6 nitrogen and oxygen atoms in total. The summed E-state index contributed by atoms with van der Waals surface area (Å²) in [6.07, 6.45) is 3.57. The molecule has 3 heterocycles. The highest BCUT2D eigenvalue weighted by atomic mass is 16.5. The molecule has 0 aliphatic carbocycles. The van der Waals surface area contributed by atoms with Crippen molar-refractivity contribution >= 4 is 16.6 Å². The van der Waals surface area contributed by atoms with Crippen molar-refractivity contribution in [2.75, 3.05) is 25.6 Å². The number of pyridine rings is 1. The highest BCUT2D eigenvalue weighted by Gasteiger charge is 2.29. The second-order valence-corrected chi connectivity index (χ2v) is 7.65. The molecule has 4 aromatic rings. The minimum Gasteiger partial charge on any atom is -0.497 e. The predicted molar refractivity (Wildman–Crippen MR) is 119 cm³/mol. The van der Waals surface area contributed by atoms with Gasteiger partial charge in [0, 0.05) is 49.1 Å². The van der Waals surface area contributed by atoms with Crippen molar-refractivity contribution in [2.24, 2.45) is 7.05 Å². The van der Waals surface area contributed by atoms with E-state index in [1.165, 1.54) is 0 Å². The Hall–Kier alpha value is -3.67. The van der Waals surface area contributed by atoms with E-state index in [0.717, 1.165) is 45.8 Å². The Bertz CT molecular complexity index is 1290. The van der Waals surface area contributed by atoms with Crippen molar-refractivity contribution in [3.05, 3.63) is 76.8 Å². The summed E-state index contributed by atoms with van der Waals surface area (Å²) in [6, 6.07) is 16.1. The van der Waals surface area contributed by atoms with Gasteiger partial charge in [0.2, 0.25) is 0 Å². The van der Waals surface area contributed by atoms with Gasteiger partial charge < -0.3 is 23.9 Å². The first-order valence-electron chi connectivity index (χ1n) is 9.88. The number of anilines is 1. The summed E-state index contributed by atoms with van der Waals surface area (Å²) in [5.41, 5.74) is 4.44. The van der Waals surface area contributed by atoms with Crippen molar-refractivity contribution in [1.82, 2.24) is 9.55 Å². The van der Waals surface area contributed by atoms with Crippen molar-refractivity contribution in [1.29, 1.82) is 0 Å². The molecule has 1 atom stereocenters. The molecule has 2 aromatic carbocycles. The number of ether oxygens (including phenoxy) is 2. The fraction of sp³-hybridized carbons (Fsp3) is 0.208. The summed E-state index contributed by atoms with van der Waals surface area (Å²) in [7, 11) is 5.49. The molecule has 1 aliphatic heterocycles. The third-order valence-electron chi connectivity index (χ3n) is 5.75. The Kier molecular flexibility index (Phi) is 4.28. The number of aryl methyl sites for hydroxylation is 1. The van der Waals surface area contributed by atoms with E-state index in [2.05, 4.69) is 29.1 Å². The highest BCUT2D eigenvalue weighted by molar-refractivity contribution is 5.97. The van der Waals surface area contributed by atoms with Crippen molar-refractivity contribution < 1.29 is 9.47 Å². The zero-order valence-electron chi connectivity index (χ0n) is 17.2. The molecule has 1 aliphatic rings. The Morgan fingerprint density at radius 2 is 1.90 bits per heavy atom. The Balaban J connectivity index is 1.75. The lowest BCUT2D eigenvalue weighted by Crippen LogP contribution is -2.32. The lowest BCUT2D eigenvalue weighted by Gasteiger charge is -2.35. The average Bonchev–Trinajstić information content (AvgIpc) is 3.26. The van der Waals surface area contributed by atoms with Gasteiger partial charge in [0.1, 0.15) is 17.4 Å². The molecule has 0 saturated heterocycles. The van der Waals surface area contributed by atoms with Crippen LogP contribution in [0, 0.1) is 0 Å². The molecule has 1 N–H and O–H groups in total. The van der Waals surface area contributed by atoms with Gasteiger partial charge in [-0.2, -0.15) is 0 Å².